The van der Waals surface area contributed by atoms with Crippen LogP contribution in [0.15, 0.2) is 48.5 Å². The molecule has 0 bridgehead atoms. The summed E-state index contributed by atoms with van der Waals surface area (Å²) in [5, 5.41) is 15.0. The minimum Gasteiger partial charge on any atom is -0.481 e. The van der Waals surface area contributed by atoms with Crippen LogP contribution in [0.4, 0.5) is 0 Å². The molecule has 0 saturated heterocycles. The standard InChI is InChI=1S/C27H30N2O4/c1-18-6-5-9-20(12-18)23(27(30)31)14-22-15-24(21-10-11-25-26(13-21)33-17-32-25)28-29(22)16-19-7-3-2-4-8-19/h5-6,9-13,15,19,23H,2-4,7-8,14,16-17H2,1H3,(H,30,31). The molecule has 0 radical (unpaired) electrons. The average molecular weight is 447 g/mol. The summed E-state index contributed by atoms with van der Waals surface area (Å²) in [6.45, 7) is 3.06. The zero-order chi connectivity index (χ0) is 22.8. The lowest BCUT2D eigenvalue weighted by Crippen LogP contribution is -2.20. The fraction of sp³-hybridized carbons (Fsp3) is 0.407. The van der Waals surface area contributed by atoms with E-state index in [1.807, 2.05) is 55.5 Å². The number of aliphatic carboxylic acids is 1. The molecular weight excluding hydrogens is 416 g/mol. The maximum absolute atomic E-state index is 12.3. The Morgan fingerprint density at radius 3 is 2.70 bits per heavy atom. The highest BCUT2D eigenvalue weighted by atomic mass is 16.7. The average Bonchev–Trinajstić information content (AvgIpc) is 3.44. The molecule has 6 nitrogen and oxygen atoms in total. The Hall–Kier alpha value is -3.28. The van der Waals surface area contributed by atoms with Crippen molar-refractivity contribution in [1.82, 2.24) is 9.78 Å². The summed E-state index contributed by atoms with van der Waals surface area (Å²) >= 11 is 0. The van der Waals surface area contributed by atoms with Crippen LogP contribution in [0.1, 0.15) is 54.8 Å². The van der Waals surface area contributed by atoms with Gasteiger partial charge in [0, 0.05) is 24.2 Å². The Labute approximate surface area is 194 Å². The van der Waals surface area contributed by atoms with E-state index in [0.29, 0.717) is 12.3 Å². The smallest absolute Gasteiger partial charge is 0.311 e. The number of hydrogen-bond acceptors (Lipinski definition) is 4. The third kappa shape index (κ3) is 4.75. The van der Waals surface area contributed by atoms with Crippen molar-refractivity contribution in [2.24, 2.45) is 5.92 Å². The van der Waals surface area contributed by atoms with Crippen molar-refractivity contribution in [2.45, 2.75) is 57.9 Å². The summed E-state index contributed by atoms with van der Waals surface area (Å²) in [4.78, 5) is 12.3. The maximum atomic E-state index is 12.3. The van der Waals surface area contributed by atoms with Crippen molar-refractivity contribution >= 4 is 5.97 Å². The number of carboxylic acids is 1. The number of fused-ring (bicyclic) bond motifs is 1. The van der Waals surface area contributed by atoms with Gasteiger partial charge in [0.25, 0.3) is 0 Å². The molecule has 1 aliphatic carbocycles. The lowest BCUT2D eigenvalue weighted by atomic mass is 9.89. The molecule has 1 N–H and O–H groups in total. The minimum absolute atomic E-state index is 0.233. The highest BCUT2D eigenvalue weighted by Crippen LogP contribution is 2.36. The van der Waals surface area contributed by atoms with Gasteiger partial charge in [-0.3, -0.25) is 9.48 Å². The highest BCUT2D eigenvalue weighted by Gasteiger charge is 2.25. The number of benzene rings is 2. The van der Waals surface area contributed by atoms with Crippen molar-refractivity contribution in [3.63, 3.8) is 0 Å². The van der Waals surface area contributed by atoms with Gasteiger partial charge in [-0.1, -0.05) is 49.1 Å². The third-order valence-corrected chi connectivity index (χ3v) is 6.84. The highest BCUT2D eigenvalue weighted by molar-refractivity contribution is 5.76. The van der Waals surface area contributed by atoms with E-state index >= 15 is 0 Å². The first kappa shape index (κ1) is 21.6. The molecule has 33 heavy (non-hydrogen) atoms. The van der Waals surface area contributed by atoms with Gasteiger partial charge in [-0.25, -0.2) is 0 Å². The molecule has 1 fully saturated rings. The second kappa shape index (κ2) is 9.30. The number of aryl methyl sites for hydroxylation is 1. The van der Waals surface area contributed by atoms with Crippen LogP contribution in [0.3, 0.4) is 0 Å². The molecule has 1 aliphatic heterocycles. The van der Waals surface area contributed by atoms with E-state index in [1.165, 1.54) is 32.1 Å². The monoisotopic (exact) mass is 446 g/mol. The molecule has 2 heterocycles. The lowest BCUT2D eigenvalue weighted by molar-refractivity contribution is -0.138. The number of carboxylic acid groups (broad SMARTS) is 1. The fourth-order valence-electron chi connectivity index (χ4n) is 5.03. The van der Waals surface area contributed by atoms with Gasteiger partial charge in [0.05, 0.1) is 11.6 Å². The Kier molecular flexibility index (Phi) is 6.07. The number of hydrogen-bond donors (Lipinski definition) is 1. The Morgan fingerprint density at radius 2 is 1.91 bits per heavy atom. The first-order valence-electron chi connectivity index (χ1n) is 11.8. The van der Waals surface area contributed by atoms with Crippen molar-refractivity contribution in [3.8, 4) is 22.8 Å². The summed E-state index contributed by atoms with van der Waals surface area (Å²) in [6, 6.07) is 15.7. The topological polar surface area (TPSA) is 73.6 Å². The maximum Gasteiger partial charge on any atom is 0.311 e. The van der Waals surface area contributed by atoms with E-state index in [2.05, 4.69) is 4.68 Å². The molecule has 1 unspecified atom stereocenters. The molecular formula is C27H30N2O4. The van der Waals surface area contributed by atoms with Crippen molar-refractivity contribution in [2.75, 3.05) is 6.79 Å². The van der Waals surface area contributed by atoms with Crippen molar-refractivity contribution in [3.05, 3.63) is 65.4 Å². The quantitative estimate of drug-likeness (QED) is 0.513. The molecule has 3 aromatic rings. The van der Waals surface area contributed by atoms with Gasteiger partial charge in [-0.05, 0) is 55.5 Å². The summed E-state index contributed by atoms with van der Waals surface area (Å²) in [6.07, 6.45) is 6.65. The molecule has 2 aromatic carbocycles. The molecule has 1 atom stereocenters. The van der Waals surface area contributed by atoms with E-state index in [-0.39, 0.29) is 6.79 Å². The lowest BCUT2D eigenvalue weighted by Gasteiger charge is -2.23. The van der Waals surface area contributed by atoms with Crippen molar-refractivity contribution < 1.29 is 19.4 Å². The number of ether oxygens (including phenoxy) is 2. The summed E-state index contributed by atoms with van der Waals surface area (Å²) in [5.41, 5.74) is 4.65. The predicted molar refractivity (Wildman–Crippen MR) is 126 cm³/mol. The third-order valence-electron chi connectivity index (χ3n) is 6.84. The Morgan fingerprint density at radius 1 is 1.09 bits per heavy atom. The van der Waals surface area contributed by atoms with E-state index in [1.54, 1.807) is 0 Å². The summed E-state index contributed by atoms with van der Waals surface area (Å²) in [7, 11) is 0. The van der Waals surface area contributed by atoms with E-state index < -0.39 is 11.9 Å². The number of rotatable bonds is 7. The van der Waals surface area contributed by atoms with Crippen LogP contribution in [-0.2, 0) is 17.8 Å². The molecule has 172 valence electrons. The first-order chi connectivity index (χ1) is 16.1. The van der Waals surface area contributed by atoms with Gasteiger partial charge < -0.3 is 14.6 Å². The Balaban J connectivity index is 1.49. The number of nitrogens with zero attached hydrogens (tertiary/aromatic N) is 2. The van der Waals surface area contributed by atoms with Crippen LogP contribution in [-0.4, -0.2) is 27.6 Å². The fourth-order valence-corrected chi connectivity index (χ4v) is 5.03. The normalized spacial score (nSPS) is 16.6. The van der Waals surface area contributed by atoms with Gasteiger partial charge >= 0.3 is 5.97 Å². The molecule has 2 aliphatic rings. The number of carbonyl (C=O) groups is 1. The summed E-state index contributed by atoms with van der Waals surface area (Å²) < 4.78 is 13.1. The SMILES string of the molecule is Cc1cccc(C(Cc2cc(-c3ccc4c(c3)OCO4)nn2CC2CCCCC2)C(=O)O)c1. The predicted octanol–water partition coefficient (Wildman–Crippen LogP) is 5.58. The zero-order valence-electron chi connectivity index (χ0n) is 19.0. The van der Waals surface area contributed by atoms with Crippen LogP contribution < -0.4 is 9.47 Å². The largest absolute Gasteiger partial charge is 0.481 e. The second-order valence-electron chi connectivity index (χ2n) is 9.28. The molecule has 0 amide bonds. The van der Waals surface area contributed by atoms with Crippen LogP contribution in [0.25, 0.3) is 11.3 Å². The first-order valence-corrected chi connectivity index (χ1v) is 11.8. The molecule has 1 aromatic heterocycles. The van der Waals surface area contributed by atoms with Crippen LogP contribution in [0.2, 0.25) is 0 Å². The van der Waals surface area contributed by atoms with Crippen LogP contribution in [0.5, 0.6) is 11.5 Å². The van der Waals surface area contributed by atoms with E-state index in [0.717, 1.165) is 46.1 Å². The van der Waals surface area contributed by atoms with Gasteiger partial charge in [0.1, 0.15) is 0 Å². The van der Waals surface area contributed by atoms with Crippen molar-refractivity contribution in [1.29, 1.82) is 0 Å². The van der Waals surface area contributed by atoms with Gasteiger partial charge in [-0.2, -0.15) is 5.10 Å². The molecule has 6 heteroatoms. The van der Waals surface area contributed by atoms with E-state index in [9.17, 15) is 9.90 Å². The van der Waals surface area contributed by atoms with Crippen LogP contribution >= 0.6 is 0 Å². The molecule has 0 spiro atoms. The van der Waals surface area contributed by atoms with Gasteiger partial charge in [-0.15, -0.1) is 0 Å². The van der Waals surface area contributed by atoms with Gasteiger partial charge in [0.15, 0.2) is 11.5 Å². The summed E-state index contributed by atoms with van der Waals surface area (Å²) in [5.74, 6) is 0.626. The second-order valence-corrected chi connectivity index (χ2v) is 9.28. The van der Waals surface area contributed by atoms with E-state index in [4.69, 9.17) is 14.6 Å². The zero-order valence-corrected chi connectivity index (χ0v) is 19.0. The molecule has 1 saturated carbocycles. The van der Waals surface area contributed by atoms with Crippen LogP contribution in [0, 0.1) is 12.8 Å². The minimum atomic E-state index is -0.810. The Bertz CT molecular complexity index is 1150. The number of aromatic nitrogens is 2. The van der Waals surface area contributed by atoms with Gasteiger partial charge in [0.2, 0.25) is 6.79 Å². The molecule has 5 rings (SSSR count).